The summed E-state index contributed by atoms with van der Waals surface area (Å²) in [6.45, 7) is -0.155. The molecule has 5 nitrogen and oxygen atoms in total. The van der Waals surface area contributed by atoms with Crippen LogP contribution < -0.4 is 5.73 Å². The van der Waals surface area contributed by atoms with Crippen LogP contribution in [0, 0.1) is 0 Å². The van der Waals surface area contributed by atoms with Gasteiger partial charge in [-0.25, -0.2) is 0 Å². The van der Waals surface area contributed by atoms with Crippen molar-refractivity contribution in [2.45, 2.75) is 13.2 Å². The SMILES string of the molecule is NCC(=O)O.OCc1ccc(CO)cc1. The maximum Gasteiger partial charge on any atom is 0.317 e. The fraction of sp³-hybridized carbons (Fsp3) is 0.300. The molecule has 0 atom stereocenters. The van der Waals surface area contributed by atoms with Gasteiger partial charge in [-0.1, -0.05) is 24.3 Å². The number of aliphatic hydroxyl groups is 2. The summed E-state index contributed by atoms with van der Waals surface area (Å²) in [4.78, 5) is 9.24. The van der Waals surface area contributed by atoms with Crippen molar-refractivity contribution in [3.8, 4) is 0 Å². The second-order valence-electron chi connectivity index (χ2n) is 2.73. The number of aliphatic carboxylic acids is 1. The normalized spacial score (nSPS) is 9.00. The number of rotatable bonds is 3. The van der Waals surface area contributed by atoms with Gasteiger partial charge in [0.1, 0.15) is 0 Å². The van der Waals surface area contributed by atoms with Gasteiger partial charge in [-0.05, 0) is 11.1 Å². The van der Waals surface area contributed by atoms with Crippen LogP contribution in [0.15, 0.2) is 24.3 Å². The third-order valence-corrected chi connectivity index (χ3v) is 1.56. The van der Waals surface area contributed by atoms with Gasteiger partial charge in [0.2, 0.25) is 0 Å². The molecule has 0 aliphatic carbocycles. The summed E-state index contributed by atoms with van der Waals surface area (Å²) in [5.74, 6) is -0.968. The summed E-state index contributed by atoms with van der Waals surface area (Å²) < 4.78 is 0. The molecule has 84 valence electrons. The largest absolute Gasteiger partial charge is 0.480 e. The van der Waals surface area contributed by atoms with Gasteiger partial charge in [0, 0.05) is 0 Å². The van der Waals surface area contributed by atoms with E-state index in [0.717, 1.165) is 11.1 Å². The zero-order valence-electron chi connectivity index (χ0n) is 8.26. The predicted octanol–water partition coefficient (Wildman–Crippen LogP) is -0.299. The molecule has 5 N–H and O–H groups in total. The van der Waals surface area contributed by atoms with Crippen molar-refractivity contribution >= 4 is 5.97 Å². The summed E-state index contributed by atoms with van der Waals surface area (Å²) >= 11 is 0. The molecule has 0 heterocycles. The molecular weight excluding hydrogens is 198 g/mol. The van der Waals surface area contributed by atoms with Gasteiger partial charge in [0.05, 0.1) is 19.8 Å². The van der Waals surface area contributed by atoms with Crippen LogP contribution in [0.1, 0.15) is 11.1 Å². The Balaban J connectivity index is 0.000000336. The van der Waals surface area contributed by atoms with Gasteiger partial charge >= 0.3 is 5.97 Å². The first-order valence-corrected chi connectivity index (χ1v) is 4.35. The minimum Gasteiger partial charge on any atom is -0.480 e. The molecule has 0 fully saturated rings. The molecule has 0 saturated carbocycles. The van der Waals surface area contributed by atoms with E-state index in [2.05, 4.69) is 5.73 Å². The van der Waals surface area contributed by atoms with Crippen LogP contribution >= 0.6 is 0 Å². The molecule has 1 aromatic rings. The minimum absolute atomic E-state index is 0.0612. The number of carboxylic acid groups (broad SMARTS) is 1. The van der Waals surface area contributed by atoms with E-state index in [1.54, 1.807) is 24.3 Å². The lowest BCUT2D eigenvalue weighted by molar-refractivity contribution is -0.135. The molecule has 0 amide bonds. The topological polar surface area (TPSA) is 104 Å². The Morgan fingerprint density at radius 2 is 1.33 bits per heavy atom. The fourth-order valence-electron chi connectivity index (χ4n) is 0.750. The first-order valence-electron chi connectivity index (χ1n) is 4.35. The Kier molecular flexibility index (Phi) is 7.17. The molecule has 5 heteroatoms. The van der Waals surface area contributed by atoms with Gasteiger partial charge in [0.15, 0.2) is 0 Å². The first-order chi connectivity index (χ1) is 7.13. The maximum absolute atomic E-state index is 9.24. The van der Waals surface area contributed by atoms with Crippen molar-refractivity contribution in [1.82, 2.24) is 0 Å². The van der Waals surface area contributed by atoms with E-state index in [-0.39, 0.29) is 19.8 Å². The van der Waals surface area contributed by atoms with Crippen molar-refractivity contribution < 1.29 is 20.1 Å². The van der Waals surface area contributed by atoms with E-state index in [0.29, 0.717) is 0 Å². The zero-order valence-corrected chi connectivity index (χ0v) is 8.26. The van der Waals surface area contributed by atoms with E-state index in [4.69, 9.17) is 15.3 Å². The smallest absolute Gasteiger partial charge is 0.317 e. The summed E-state index contributed by atoms with van der Waals surface area (Å²) in [7, 11) is 0. The molecule has 0 radical (unpaired) electrons. The van der Waals surface area contributed by atoms with E-state index in [1.165, 1.54) is 0 Å². The summed E-state index contributed by atoms with van der Waals surface area (Å²) in [6, 6.07) is 7.19. The first kappa shape index (κ1) is 13.6. The molecule has 1 aromatic carbocycles. The van der Waals surface area contributed by atoms with Crippen LogP contribution in [0.5, 0.6) is 0 Å². The molecule has 1 rings (SSSR count). The molecule has 0 saturated heterocycles. The average Bonchev–Trinajstić information content (AvgIpc) is 2.30. The van der Waals surface area contributed by atoms with Crippen LogP contribution in [-0.4, -0.2) is 27.8 Å². The van der Waals surface area contributed by atoms with Crippen molar-refractivity contribution in [2.24, 2.45) is 5.73 Å². The zero-order chi connectivity index (χ0) is 11.7. The number of carbonyl (C=O) groups is 1. The van der Waals surface area contributed by atoms with Crippen LogP contribution in [-0.2, 0) is 18.0 Å². The lowest BCUT2D eigenvalue weighted by Gasteiger charge is -1.96. The maximum atomic E-state index is 9.24. The Labute approximate surface area is 87.8 Å². The van der Waals surface area contributed by atoms with Gasteiger partial charge in [-0.2, -0.15) is 0 Å². The molecule has 0 unspecified atom stereocenters. The molecule has 15 heavy (non-hydrogen) atoms. The van der Waals surface area contributed by atoms with E-state index in [9.17, 15) is 4.79 Å². The highest BCUT2D eigenvalue weighted by Crippen LogP contribution is 2.03. The third-order valence-electron chi connectivity index (χ3n) is 1.56. The number of hydrogen-bond acceptors (Lipinski definition) is 4. The average molecular weight is 213 g/mol. The third kappa shape index (κ3) is 6.62. The Hall–Kier alpha value is -1.43. The second-order valence-corrected chi connectivity index (χ2v) is 2.73. The van der Waals surface area contributed by atoms with Crippen LogP contribution in [0.2, 0.25) is 0 Å². The molecular formula is C10H15NO4. The monoisotopic (exact) mass is 213 g/mol. The molecule has 0 aliphatic heterocycles. The highest BCUT2D eigenvalue weighted by molar-refractivity contribution is 5.68. The molecule has 0 spiro atoms. The van der Waals surface area contributed by atoms with Crippen molar-refractivity contribution in [3.05, 3.63) is 35.4 Å². The van der Waals surface area contributed by atoms with Gasteiger partial charge in [-0.15, -0.1) is 0 Å². The van der Waals surface area contributed by atoms with Gasteiger partial charge in [-0.3, -0.25) is 4.79 Å². The molecule has 0 aliphatic rings. The van der Waals surface area contributed by atoms with Crippen LogP contribution in [0.4, 0.5) is 0 Å². The summed E-state index contributed by atoms with van der Waals surface area (Å²) in [6.07, 6.45) is 0. The predicted molar refractivity (Wildman–Crippen MR) is 55.0 cm³/mol. The standard InChI is InChI=1S/C8H10O2.C2H5NO2/c9-5-7-1-2-8(6-10)4-3-7;3-1-2(4)5/h1-4,9-10H,5-6H2;1,3H2,(H,4,5). The number of carboxylic acids is 1. The van der Waals surface area contributed by atoms with E-state index < -0.39 is 5.97 Å². The minimum atomic E-state index is -0.968. The number of hydrogen-bond donors (Lipinski definition) is 4. The van der Waals surface area contributed by atoms with Crippen LogP contribution in [0.3, 0.4) is 0 Å². The van der Waals surface area contributed by atoms with Crippen LogP contribution in [0.25, 0.3) is 0 Å². The Morgan fingerprint density at radius 3 is 1.47 bits per heavy atom. The van der Waals surface area contributed by atoms with Crippen molar-refractivity contribution in [1.29, 1.82) is 0 Å². The second kappa shape index (κ2) is 7.93. The summed E-state index contributed by atoms with van der Waals surface area (Å²) in [5.41, 5.74) is 6.32. The van der Waals surface area contributed by atoms with Gasteiger partial charge < -0.3 is 21.1 Å². The lowest BCUT2D eigenvalue weighted by Crippen LogP contribution is -2.10. The quantitative estimate of drug-likeness (QED) is 0.552. The fourth-order valence-corrected chi connectivity index (χ4v) is 0.750. The Morgan fingerprint density at radius 1 is 1.07 bits per heavy atom. The summed E-state index contributed by atoms with van der Waals surface area (Å²) in [5, 5.41) is 24.9. The highest BCUT2D eigenvalue weighted by atomic mass is 16.4. The number of nitrogens with two attached hydrogens (primary N) is 1. The molecule has 0 bridgehead atoms. The van der Waals surface area contributed by atoms with Gasteiger partial charge in [0.25, 0.3) is 0 Å². The van der Waals surface area contributed by atoms with Crippen molar-refractivity contribution in [2.75, 3.05) is 6.54 Å². The van der Waals surface area contributed by atoms with E-state index >= 15 is 0 Å². The lowest BCUT2D eigenvalue weighted by atomic mass is 10.1. The number of aliphatic hydroxyl groups excluding tert-OH is 2. The van der Waals surface area contributed by atoms with E-state index in [1.807, 2.05) is 0 Å². The molecule has 0 aromatic heterocycles. The van der Waals surface area contributed by atoms with Crippen molar-refractivity contribution in [3.63, 3.8) is 0 Å². The number of benzene rings is 1. The highest BCUT2D eigenvalue weighted by Gasteiger charge is 1.89. The Bertz CT molecular complexity index is 261.